The lowest BCUT2D eigenvalue weighted by Crippen LogP contribution is -2.31. The van der Waals surface area contributed by atoms with Crippen molar-refractivity contribution in [1.29, 1.82) is 0 Å². The zero-order valence-electron chi connectivity index (χ0n) is 9.83. The predicted molar refractivity (Wildman–Crippen MR) is 67.2 cm³/mol. The molecule has 1 amide bonds. The van der Waals surface area contributed by atoms with Crippen LogP contribution < -0.4 is 5.32 Å². The van der Waals surface area contributed by atoms with Gasteiger partial charge in [0.05, 0.1) is 17.9 Å². The fraction of sp³-hybridized carbons (Fsp3) is 0.538. The Morgan fingerprint density at radius 1 is 1.39 bits per heavy atom. The van der Waals surface area contributed by atoms with E-state index in [1.165, 1.54) is 4.88 Å². The van der Waals surface area contributed by atoms with Crippen molar-refractivity contribution in [3.8, 4) is 0 Å². The van der Waals surface area contributed by atoms with E-state index in [1.807, 2.05) is 17.5 Å². The molecule has 0 radical (unpaired) electrons. The van der Waals surface area contributed by atoms with Gasteiger partial charge in [0, 0.05) is 4.88 Å². The van der Waals surface area contributed by atoms with Gasteiger partial charge in [0.25, 0.3) is 0 Å². The van der Waals surface area contributed by atoms with Crippen molar-refractivity contribution in [3.63, 3.8) is 0 Å². The van der Waals surface area contributed by atoms with E-state index >= 15 is 0 Å². The number of carboxylic acid groups (broad SMARTS) is 1. The zero-order valence-corrected chi connectivity index (χ0v) is 10.7. The molecule has 0 spiro atoms. The molecule has 0 aromatic carbocycles. The first kappa shape index (κ1) is 11.7. The molecule has 1 aromatic heterocycles. The highest BCUT2D eigenvalue weighted by atomic mass is 32.1. The summed E-state index contributed by atoms with van der Waals surface area (Å²) < 4.78 is 0. The molecule has 96 valence electrons. The van der Waals surface area contributed by atoms with Crippen LogP contribution in [0.4, 0.5) is 0 Å². The van der Waals surface area contributed by atoms with Crippen LogP contribution in [0.15, 0.2) is 17.5 Å². The summed E-state index contributed by atoms with van der Waals surface area (Å²) in [5.41, 5.74) is 0. The second-order valence-corrected chi connectivity index (χ2v) is 6.11. The molecule has 5 heteroatoms. The first-order chi connectivity index (χ1) is 8.66. The van der Waals surface area contributed by atoms with Gasteiger partial charge in [-0.25, -0.2) is 0 Å². The summed E-state index contributed by atoms with van der Waals surface area (Å²) in [6, 6.07) is 4.11. The number of rotatable bonds is 5. The van der Waals surface area contributed by atoms with E-state index < -0.39 is 11.9 Å². The van der Waals surface area contributed by atoms with E-state index in [-0.39, 0.29) is 17.9 Å². The fourth-order valence-electron chi connectivity index (χ4n) is 2.34. The number of carboxylic acids is 1. The van der Waals surface area contributed by atoms with E-state index in [9.17, 15) is 9.59 Å². The number of aliphatic carboxylic acids is 1. The Bertz CT molecular complexity index is 467. The Balaban J connectivity index is 1.64. The molecule has 3 unspecified atom stereocenters. The Hall–Kier alpha value is -1.36. The van der Waals surface area contributed by atoms with Crippen molar-refractivity contribution in [2.24, 2.45) is 17.8 Å². The maximum atomic E-state index is 12.0. The summed E-state index contributed by atoms with van der Waals surface area (Å²) in [7, 11) is 0. The monoisotopic (exact) mass is 265 g/mol. The molecule has 0 aliphatic heterocycles. The maximum Gasteiger partial charge on any atom is 0.307 e. The summed E-state index contributed by atoms with van der Waals surface area (Å²) in [6.45, 7) is 0. The van der Waals surface area contributed by atoms with Crippen LogP contribution in [-0.4, -0.2) is 17.0 Å². The van der Waals surface area contributed by atoms with Gasteiger partial charge in [0.2, 0.25) is 5.91 Å². The minimum atomic E-state index is -0.853. The van der Waals surface area contributed by atoms with E-state index in [1.54, 1.807) is 11.3 Å². The van der Waals surface area contributed by atoms with Gasteiger partial charge in [-0.1, -0.05) is 6.07 Å². The lowest BCUT2D eigenvalue weighted by molar-refractivity contribution is -0.140. The Kier molecular flexibility index (Phi) is 2.86. The molecule has 0 bridgehead atoms. The van der Waals surface area contributed by atoms with Crippen LogP contribution in [-0.2, 0) is 9.59 Å². The summed E-state index contributed by atoms with van der Waals surface area (Å²) in [6.07, 6.45) is 2.79. The molecule has 18 heavy (non-hydrogen) atoms. The number of carbonyl (C=O) groups excluding carboxylic acids is 1. The molecular weight excluding hydrogens is 250 g/mol. The first-order valence-electron chi connectivity index (χ1n) is 6.23. The van der Waals surface area contributed by atoms with Crippen LogP contribution in [0.2, 0.25) is 0 Å². The second-order valence-electron chi connectivity index (χ2n) is 5.13. The lowest BCUT2D eigenvalue weighted by Gasteiger charge is -2.16. The van der Waals surface area contributed by atoms with E-state index in [0.29, 0.717) is 12.3 Å². The summed E-state index contributed by atoms with van der Waals surface area (Å²) in [5.74, 6) is -1.19. The Morgan fingerprint density at radius 3 is 2.67 bits per heavy atom. The lowest BCUT2D eigenvalue weighted by atomic mass is 10.1. The fourth-order valence-corrected chi connectivity index (χ4v) is 3.21. The van der Waals surface area contributed by atoms with E-state index in [0.717, 1.165) is 12.8 Å². The van der Waals surface area contributed by atoms with Crippen LogP contribution in [0.1, 0.15) is 30.2 Å². The summed E-state index contributed by atoms with van der Waals surface area (Å²) >= 11 is 1.65. The van der Waals surface area contributed by atoms with Crippen LogP contribution in [0.5, 0.6) is 0 Å². The summed E-state index contributed by atoms with van der Waals surface area (Å²) in [5, 5.41) is 13.9. The van der Waals surface area contributed by atoms with Crippen molar-refractivity contribution >= 4 is 23.2 Å². The first-order valence-corrected chi connectivity index (χ1v) is 7.11. The minimum absolute atomic E-state index is 0.0901. The van der Waals surface area contributed by atoms with Crippen LogP contribution in [0.25, 0.3) is 0 Å². The van der Waals surface area contributed by atoms with Crippen molar-refractivity contribution in [2.75, 3.05) is 0 Å². The average Bonchev–Trinajstić information content (AvgIpc) is 3.23. The molecule has 2 aliphatic carbocycles. The molecule has 3 atom stereocenters. The highest BCUT2D eigenvalue weighted by Crippen LogP contribution is 2.44. The van der Waals surface area contributed by atoms with Gasteiger partial charge < -0.3 is 10.4 Å². The molecule has 2 N–H and O–H groups in total. The third-order valence-electron chi connectivity index (χ3n) is 3.69. The molecule has 1 heterocycles. The third kappa shape index (κ3) is 2.27. The molecule has 2 saturated carbocycles. The summed E-state index contributed by atoms with van der Waals surface area (Å²) in [4.78, 5) is 23.9. The number of hydrogen-bond acceptors (Lipinski definition) is 3. The topological polar surface area (TPSA) is 66.4 Å². The van der Waals surface area contributed by atoms with Gasteiger partial charge >= 0.3 is 5.97 Å². The molecule has 3 rings (SSSR count). The minimum Gasteiger partial charge on any atom is -0.481 e. The van der Waals surface area contributed by atoms with E-state index in [4.69, 9.17) is 5.11 Å². The Labute approximate surface area is 109 Å². The highest BCUT2D eigenvalue weighted by molar-refractivity contribution is 7.10. The zero-order chi connectivity index (χ0) is 12.7. The number of thiophene rings is 1. The van der Waals surface area contributed by atoms with Gasteiger partial charge in [-0.3, -0.25) is 9.59 Å². The van der Waals surface area contributed by atoms with Gasteiger partial charge in [0.15, 0.2) is 0 Å². The van der Waals surface area contributed by atoms with Crippen LogP contribution >= 0.6 is 11.3 Å². The smallest absolute Gasteiger partial charge is 0.307 e. The van der Waals surface area contributed by atoms with E-state index in [2.05, 4.69) is 5.32 Å². The predicted octanol–water partition coefficient (Wildman–Crippen LogP) is 2.04. The molecule has 2 aliphatic rings. The average molecular weight is 265 g/mol. The number of carbonyl (C=O) groups is 2. The van der Waals surface area contributed by atoms with Crippen molar-refractivity contribution in [3.05, 3.63) is 22.4 Å². The maximum absolute atomic E-state index is 12.0. The second kappa shape index (κ2) is 4.39. The van der Waals surface area contributed by atoms with Gasteiger partial charge in [-0.2, -0.15) is 0 Å². The van der Waals surface area contributed by atoms with Gasteiger partial charge in [-0.15, -0.1) is 11.3 Å². The van der Waals surface area contributed by atoms with Crippen molar-refractivity contribution < 1.29 is 14.7 Å². The van der Waals surface area contributed by atoms with Crippen molar-refractivity contribution in [1.82, 2.24) is 5.32 Å². The standard InChI is InChI=1S/C13H15NO3S/c15-12(8-6-9(8)13(16)17)14-11(7-3-4-7)10-2-1-5-18-10/h1-2,5,7-9,11H,3-4,6H2,(H,14,15)(H,16,17). The number of hydrogen-bond donors (Lipinski definition) is 2. The van der Waals surface area contributed by atoms with Gasteiger partial charge in [0.1, 0.15) is 0 Å². The Morgan fingerprint density at radius 2 is 2.17 bits per heavy atom. The largest absolute Gasteiger partial charge is 0.481 e. The van der Waals surface area contributed by atoms with Crippen LogP contribution in [0.3, 0.4) is 0 Å². The molecule has 0 saturated heterocycles. The SMILES string of the molecule is O=C(O)C1CC1C(=O)NC(c1cccs1)C1CC1. The highest BCUT2D eigenvalue weighted by Gasteiger charge is 2.49. The molecule has 4 nitrogen and oxygen atoms in total. The quantitative estimate of drug-likeness (QED) is 0.856. The molecular formula is C13H15NO3S. The molecule has 2 fully saturated rings. The number of nitrogens with one attached hydrogen (secondary N) is 1. The third-order valence-corrected chi connectivity index (χ3v) is 4.64. The van der Waals surface area contributed by atoms with Crippen molar-refractivity contribution in [2.45, 2.75) is 25.3 Å². The normalized spacial score (nSPS) is 27.6. The molecule has 1 aromatic rings. The van der Waals surface area contributed by atoms with Gasteiger partial charge in [-0.05, 0) is 36.6 Å². The van der Waals surface area contributed by atoms with Crippen LogP contribution in [0, 0.1) is 17.8 Å². The number of amides is 1.